The number of nitrogens with two attached hydrogens (primary N) is 1. The average Bonchev–Trinajstić information content (AvgIpc) is 3.10. The first-order valence-electron chi connectivity index (χ1n) is 9.65. The molecule has 7 heteroatoms. The smallest absolute Gasteiger partial charge is 0.256 e. The third-order valence-electron chi connectivity index (χ3n) is 5.03. The SMILES string of the molecule is CC(C)Nc1cccnc1N1CCN(C(=O)c2c[nH]c3ccc(N)cc23)CC1. The molecule has 0 unspecified atom stereocenters. The minimum absolute atomic E-state index is 0.0399. The first kappa shape index (κ1) is 18.2. The third kappa shape index (κ3) is 3.47. The lowest BCUT2D eigenvalue weighted by Gasteiger charge is -2.36. The van der Waals surface area contributed by atoms with Crippen LogP contribution in [0, 0.1) is 0 Å². The maximum Gasteiger partial charge on any atom is 0.256 e. The quantitative estimate of drug-likeness (QED) is 0.607. The molecule has 3 aromatic rings. The van der Waals surface area contributed by atoms with Crippen LogP contribution in [-0.2, 0) is 0 Å². The van der Waals surface area contributed by atoms with Crippen molar-refractivity contribution < 1.29 is 4.79 Å². The summed E-state index contributed by atoms with van der Waals surface area (Å²) in [5.74, 6) is 0.987. The van der Waals surface area contributed by atoms with E-state index in [1.807, 2.05) is 35.4 Å². The Bertz CT molecular complexity index is 987. The summed E-state index contributed by atoms with van der Waals surface area (Å²) in [7, 11) is 0. The zero-order chi connectivity index (χ0) is 19.7. The number of piperazine rings is 1. The molecule has 0 radical (unpaired) electrons. The standard InChI is InChI=1S/C21H26N6O/c1-14(2)25-19-4-3-7-23-20(19)26-8-10-27(11-9-26)21(28)17-13-24-18-6-5-15(22)12-16(17)18/h3-7,12-14,24-25H,8-11,22H2,1-2H3. The van der Waals surface area contributed by atoms with Crippen LogP contribution in [0.5, 0.6) is 0 Å². The van der Waals surface area contributed by atoms with Gasteiger partial charge in [-0.1, -0.05) is 0 Å². The fourth-order valence-corrected chi connectivity index (χ4v) is 3.68. The van der Waals surface area contributed by atoms with E-state index in [0.29, 0.717) is 30.4 Å². The monoisotopic (exact) mass is 378 g/mol. The number of carbonyl (C=O) groups is 1. The van der Waals surface area contributed by atoms with Gasteiger partial charge in [0.2, 0.25) is 0 Å². The number of rotatable bonds is 4. The number of aromatic amines is 1. The highest BCUT2D eigenvalue weighted by Gasteiger charge is 2.25. The number of aromatic nitrogens is 2. The maximum atomic E-state index is 13.1. The van der Waals surface area contributed by atoms with E-state index in [1.165, 1.54) is 0 Å². The Morgan fingerprint density at radius 1 is 1.21 bits per heavy atom. The molecule has 0 atom stereocenters. The van der Waals surface area contributed by atoms with E-state index >= 15 is 0 Å². The van der Waals surface area contributed by atoms with Crippen LogP contribution in [0.4, 0.5) is 17.2 Å². The highest BCUT2D eigenvalue weighted by Crippen LogP contribution is 2.26. The summed E-state index contributed by atoms with van der Waals surface area (Å²) in [5, 5.41) is 4.33. The summed E-state index contributed by atoms with van der Waals surface area (Å²) in [6.45, 7) is 7.04. The van der Waals surface area contributed by atoms with Gasteiger partial charge in [0.25, 0.3) is 5.91 Å². The Labute approximate surface area is 164 Å². The molecule has 28 heavy (non-hydrogen) atoms. The van der Waals surface area contributed by atoms with Crippen LogP contribution in [0.25, 0.3) is 10.9 Å². The first-order chi connectivity index (χ1) is 13.5. The topological polar surface area (TPSA) is 90.3 Å². The summed E-state index contributed by atoms with van der Waals surface area (Å²) >= 11 is 0. The number of carbonyl (C=O) groups excluding carboxylic acids is 1. The van der Waals surface area contributed by atoms with E-state index < -0.39 is 0 Å². The van der Waals surface area contributed by atoms with Gasteiger partial charge in [-0.3, -0.25) is 4.79 Å². The second kappa shape index (κ2) is 7.42. The number of nitrogens with one attached hydrogen (secondary N) is 2. The van der Waals surface area contributed by atoms with Crippen LogP contribution in [-0.4, -0.2) is 53.0 Å². The van der Waals surface area contributed by atoms with Gasteiger partial charge in [-0.25, -0.2) is 4.98 Å². The molecule has 146 valence electrons. The number of amides is 1. The number of hydrogen-bond donors (Lipinski definition) is 3. The summed E-state index contributed by atoms with van der Waals surface area (Å²) in [4.78, 5) is 24.9. The lowest BCUT2D eigenvalue weighted by molar-refractivity contribution is 0.0748. The van der Waals surface area contributed by atoms with Crippen molar-refractivity contribution in [2.75, 3.05) is 42.1 Å². The van der Waals surface area contributed by atoms with Crippen molar-refractivity contribution in [3.05, 3.63) is 48.3 Å². The molecular weight excluding hydrogens is 352 g/mol. The van der Waals surface area contributed by atoms with E-state index in [1.54, 1.807) is 6.20 Å². The van der Waals surface area contributed by atoms with Gasteiger partial charge in [-0.05, 0) is 44.2 Å². The van der Waals surface area contributed by atoms with E-state index in [2.05, 4.69) is 40.1 Å². The number of anilines is 3. The van der Waals surface area contributed by atoms with E-state index in [9.17, 15) is 4.79 Å². The molecule has 4 rings (SSSR count). The number of nitrogens with zero attached hydrogens (tertiary/aromatic N) is 3. The average molecular weight is 378 g/mol. The molecule has 1 aliphatic rings. The zero-order valence-electron chi connectivity index (χ0n) is 16.3. The van der Waals surface area contributed by atoms with Crippen molar-refractivity contribution in [3.63, 3.8) is 0 Å². The maximum absolute atomic E-state index is 13.1. The van der Waals surface area contributed by atoms with E-state index in [4.69, 9.17) is 5.73 Å². The number of benzene rings is 1. The third-order valence-corrected chi connectivity index (χ3v) is 5.03. The molecule has 1 aliphatic heterocycles. The Kier molecular flexibility index (Phi) is 4.81. The van der Waals surface area contributed by atoms with E-state index in [-0.39, 0.29) is 5.91 Å². The summed E-state index contributed by atoms with van der Waals surface area (Å²) in [5.41, 5.74) is 9.20. The van der Waals surface area contributed by atoms with Gasteiger partial charge in [0.15, 0.2) is 5.82 Å². The minimum Gasteiger partial charge on any atom is -0.399 e. The lowest BCUT2D eigenvalue weighted by Crippen LogP contribution is -2.49. The van der Waals surface area contributed by atoms with Crippen LogP contribution in [0.3, 0.4) is 0 Å². The normalized spacial score (nSPS) is 14.7. The predicted molar refractivity (Wildman–Crippen MR) is 114 cm³/mol. The highest BCUT2D eigenvalue weighted by molar-refractivity contribution is 6.07. The van der Waals surface area contributed by atoms with Crippen molar-refractivity contribution >= 4 is 34.0 Å². The van der Waals surface area contributed by atoms with Crippen LogP contribution < -0.4 is 16.0 Å². The molecule has 1 aromatic carbocycles. The highest BCUT2D eigenvalue weighted by atomic mass is 16.2. The molecular formula is C21H26N6O. The summed E-state index contributed by atoms with van der Waals surface area (Å²) < 4.78 is 0. The van der Waals surface area contributed by atoms with Gasteiger partial charge in [-0.15, -0.1) is 0 Å². The van der Waals surface area contributed by atoms with Crippen molar-refractivity contribution in [2.45, 2.75) is 19.9 Å². The fourth-order valence-electron chi connectivity index (χ4n) is 3.68. The second-order valence-corrected chi connectivity index (χ2v) is 7.46. The van der Waals surface area contributed by atoms with Gasteiger partial charge in [-0.2, -0.15) is 0 Å². The number of fused-ring (bicyclic) bond motifs is 1. The van der Waals surface area contributed by atoms with Gasteiger partial charge in [0.05, 0.1) is 11.3 Å². The predicted octanol–water partition coefficient (Wildman–Crippen LogP) is 2.93. The molecule has 0 spiro atoms. The van der Waals surface area contributed by atoms with Crippen molar-refractivity contribution in [3.8, 4) is 0 Å². The van der Waals surface area contributed by atoms with Crippen LogP contribution in [0.1, 0.15) is 24.2 Å². The second-order valence-electron chi connectivity index (χ2n) is 7.46. The van der Waals surface area contributed by atoms with Crippen LogP contribution in [0.2, 0.25) is 0 Å². The Balaban J connectivity index is 1.48. The van der Waals surface area contributed by atoms with E-state index in [0.717, 1.165) is 35.5 Å². The molecule has 7 nitrogen and oxygen atoms in total. The molecule has 0 aliphatic carbocycles. The zero-order valence-corrected chi connectivity index (χ0v) is 16.3. The molecule has 0 bridgehead atoms. The van der Waals surface area contributed by atoms with Gasteiger partial charge in [0, 0.05) is 61.2 Å². The molecule has 0 saturated carbocycles. The van der Waals surface area contributed by atoms with Crippen LogP contribution in [0.15, 0.2) is 42.7 Å². The summed E-state index contributed by atoms with van der Waals surface area (Å²) in [6, 6.07) is 9.92. The molecule has 1 saturated heterocycles. The molecule has 1 fully saturated rings. The Morgan fingerprint density at radius 3 is 2.75 bits per heavy atom. The Morgan fingerprint density at radius 2 is 2.00 bits per heavy atom. The van der Waals surface area contributed by atoms with Crippen molar-refractivity contribution in [2.24, 2.45) is 0 Å². The molecule has 3 heterocycles. The van der Waals surface area contributed by atoms with Gasteiger partial charge in [0.1, 0.15) is 0 Å². The molecule has 2 aromatic heterocycles. The summed E-state index contributed by atoms with van der Waals surface area (Å²) in [6.07, 6.45) is 3.59. The van der Waals surface area contributed by atoms with Crippen LogP contribution >= 0.6 is 0 Å². The number of pyridine rings is 1. The first-order valence-corrected chi connectivity index (χ1v) is 9.65. The fraction of sp³-hybridized carbons (Fsp3) is 0.333. The Hall–Kier alpha value is -3.22. The minimum atomic E-state index is 0.0399. The van der Waals surface area contributed by atoms with Crippen molar-refractivity contribution in [1.29, 1.82) is 0 Å². The number of nitrogen functional groups attached to an aromatic ring is 1. The number of hydrogen-bond acceptors (Lipinski definition) is 5. The molecule has 4 N–H and O–H groups in total. The number of H-pyrrole nitrogens is 1. The largest absolute Gasteiger partial charge is 0.399 e. The van der Waals surface area contributed by atoms with Gasteiger partial charge < -0.3 is 25.8 Å². The van der Waals surface area contributed by atoms with Crippen molar-refractivity contribution in [1.82, 2.24) is 14.9 Å². The lowest BCUT2D eigenvalue weighted by atomic mass is 10.1. The molecule has 1 amide bonds. The van der Waals surface area contributed by atoms with Gasteiger partial charge >= 0.3 is 0 Å².